The number of benzene rings is 1. The van der Waals surface area contributed by atoms with Gasteiger partial charge >= 0.3 is 0 Å². The quantitative estimate of drug-likeness (QED) is 0.827. The molecule has 0 spiro atoms. The Balaban J connectivity index is 2.63. The number of hydrogen-bond acceptors (Lipinski definition) is 2. The molecule has 1 aliphatic carbocycles. The fourth-order valence-corrected chi connectivity index (χ4v) is 2.37. The Morgan fingerprint density at radius 3 is 2.88 bits per heavy atom. The van der Waals surface area contributed by atoms with E-state index in [1.807, 2.05) is 0 Å². The zero-order valence-corrected chi connectivity index (χ0v) is 9.22. The normalized spacial score (nSPS) is 15.9. The summed E-state index contributed by atoms with van der Waals surface area (Å²) >= 11 is 5.71. The summed E-state index contributed by atoms with van der Waals surface area (Å²) < 4.78 is 13.8. The highest BCUT2D eigenvalue weighted by molar-refractivity contribution is 6.31. The van der Waals surface area contributed by atoms with Gasteiger partial charge in [0.05, 0.1) is 5.02 Å². The lowest BCUT2D eigenvalue weighted by molar-refractivity contribution is -0.126. The summed E-state index contributed by atoms with van der Waals surface area (Å²) in [7, 11) is 0. The number of aliphatic hydroxyl groups is 1. The Morgan fingerprint density at radius 1 is 1.56 bits per heavy atom. The molecule has 0 fully saturated rings. The number of amides is 1. The third kappa shape index (κ3) is 1.68. The molecule has 1 amide bonds. The van der Waals surface area contributed by atoms with Crippen LogP contribution in [0.5, 0.6) is 0 Å². The molecule has 2 rings (SSSR count). The highest BCUT2D eigenvalue weighted by Crippen LogP contribution is 2.35. The zero-order chi connectivity index (χ0) is 11.9. The summed E-state index contributed by atoms with van der Waals surface area (Å²) in [6.07, 6.45) is 0.676. The van der Waals surface area contributed by atoms with Crippen molar-refractivity contribution in [3.8, 4) is 0 Å². The molecule has 1 aromatic carbocycles. The van der Waals surface area contributed by atoms with Crippen molar-refractivity contribution in [1.82, 2.24) is 0 Å². The van der Waals surface area contributed by atoms with Gasteiger partial charge in [-0.1, -0.05) is 11.6 Å². The van der Waals surface area contributed by atoms with E-state index in [0.29, 0.717) is 12.0 Å². The highest BCUT2D eigenvalue weighted by atomic mass is 35.5. The Hall–Kier alpha value is -1.13. The SMILES string of the molecule is NC(=O)C(O)c1c(F)c(Cl)cc2c1CCC2. The summed E-state index contributed by atoms with van der Waals surface area (Å²) in [5.41, 5.74) is 6.50. The zero-order valence-electron chi connectivity index (χ0n) is 8.46. The molecule has 1 aromatic rings. The predicted octanol–water partition coefficient (Wildman–Crippen LogP) is 1.49. The first kappa shape index (κ1) is 11.4. The molecule has 86 valence electrons. The summed E-state index contributed by atoms with van der Waals surface area (Å²) in [4.78, 5) is 10.9. The number of aryl methyl sites for hydroxylation is 1. The topological polar surface area (TPSA) is 63.3 Å². The molecule has 0 aromatic heterocycles. The largest absolute Gasteiger partial charge is 0.378 e. The van der Waals surface area contributed by atoms with Gasteiger partial charge in [0.1, 0.15) is 5.82 Å². The fourth-order valence-electron chi connectivity index (χ4n) is 2.14. The number of fused-ring (bicyclic) bond motifs is 1. The predicted molar refractivity (Wildman–Crippen MR) is 57.6 cm³/mol. The number of aliphatic hydroxyl groups excluding tert-OH is 1. The van der Waals surface area contributed by atoms with E-state index >= 15 is 0 Å². The molecular weight excluding hydrogens is 233 g/mol. The van der Waals surface area contributed by atoms with Crippen LogP contribution in [0.25, 0.3) is 0 Å². The van der Waals surface area contributed by atoms with Gasteiger partial charge in [0.25, 0.3) is 5.91 Å². The van der Waals surface area contributed by atoms with Crippen LogP contribution in [-0.2, 0) is 17.6 Å². The van der Waals surface area contributed by atoms with Gasteiger partial charge in [-0.3, -0.25) is 4.79 Å². The second-order valence-corrected chi connectivity index (χ2v) is 4.29. The van der Waals surface area contributed by atoms with E-state index in [9.17, 15) is 14.3 Å². The molecule has 3 nitrogen and oxygen atoms in total. The van der Waals surface area contributed by atoms with E-state index in [0.717, 1.165) is 18.4 Å². The monoisotopic (exact) mass is 243 g/mol. The molecule has 0 radical (unpaired) electrons. The van der Waals surface area contributed by atoms with Gasteiger partial charge in [-0.2, -0.15) is 0 Å². The average Bonchev–Trinajstić information content (AvgIpc) is 2.66. The lowest BCUT2D eigenvalue weighted by Crippen LogP contribution is -2.23. The van der Waals surface area contributed by atoms with E-state index in [-0.39, 0.29) is 10.6 Å². The van der Waals surface area contributed by atoms with Crippen molar-refractivity contribution >= 4 is 17.5 Å². The Bertz CT molecular complexity index is 462. The molecule has 0 aliphatic heterocycles. The molecule has 0 heterocycles. The van der Waals surface area contributed by atoms with Crippen molar-refractivity contribution in [2.24, 2.45) is 5.73 Å². The van der Waals surface area contributed by atoms with Gasteiger partial charge in [0.15, 0.2) is 6.10 Å². The van der Waals surface area contributed by atoms with Crippen molar-refractivity contribution < 1.29 is 14.3 Å². The van der Waals surface area contributed by atoms with Crippen LogP contribution in [0.1, 0.15) is 29.2 Å². The number of primary amides is 1. The van der Waals surface area contributed by atoms with Crippen molar-refractivity contribution in [3.63, 3.8) is 0 Å². The molecule has 3 N–H and O–H groups in total. The molecule has 0 saturated heterocycles. The van der Waals surface area contributed by atoms with E-state index in [1.54, 1.807) is 6.07 Å². The van der Waals surface area contributed by atoms with Crippen molar-refractivity contribution in [2.75, 3.05) is 0 Å². The van der Waals surface area contributed by atoms with Crippen LogP contribution in [-0.4, -0.2) is 11.0 Å². The number of nitrogens with two attached hydrogens (primary N) is 1. The number of hydrogen-bond donors (Lipinski definition) is 2. The van der Waals surface area contributed by atoms with Gasteiger partial charge < -0.3 is 10.8 Å². The molecule has 1 aliphatic rings. The Morgan fingerprint density at radius 2 is 2.25 bits per heavy atom. The van der Waals surface area contributed by atoms with Crippen LogP contribution < -0.4 is 5.73 Å². The summed E-state index contributed by atoms with van der Waals surface area (Å²) in [5.74, 6) is -1.70. The second kappa shape index (κ2) is 4.03. The van der Waals surface area contributed by atoms with Gasteiger partial charge in [-0.05, 0) is 36.5 Å². The number of carbonyl (C=O) groups is 1. The fraction of sp³-hybridized carbons (Fsp3) is 0.364. The molecule has 1 unspecified atom stereocenters. The van der Waals surface area contributed by atoms with Crippen molar-refractivity contribution in [1.29, 1.82) is 0 Å². The molecule has 5 heteroatoms. The van der Waals surface area contributed by atoms with Crippen LogP contribution >= 0.6 is 11.6 Å². The van der Waals surface area contributed by atoms with E-state index in [1.165, 1.54) is 0 Å². The van der Waals surface area contributed by atoms with E-state index in [2.05, 4.69) is 0 Å². The van der Waals surface area contributed by atoms with Gasteiger partial charge in [-0.15, -0.1) is 0 Å². The number of halogens is 2. The maximum Gasteiger partial charge on any atom is 0.251 e. The first-order valence-corrected chi connectivity index (χ1v) is 5.37. The van der Waals surface area contributed by atoms with Crippen LogP contribution in [0.2, 0.25) is 5.02 Å². The third-order valence-corrected chi connectivity index (χ3v) is 3.15. The highest BCUT2D eigenvalue weighted by Gasteiger charge is 2.28. The number of rotatable bonds is 2. The van der Waals surface area contributed by atoms with Crippen LogP contribution in [0.15, 0.2) is 6.07 Å². The third-order valence-electron chi connectivity index (χ3n) is 2.88. The minimum absolute atomic E-state index is 0.0486. The standard InChI is InChI=1S/C11H11ClFNO2/c12-7-4-5-2-1-3-6(5)8(9(7)13)10(15)11(14)16/h4,10,15H,1-3H2,(H2,14,16). The summed E-state index contributed by atoms with van der Waals surface area (Å²) in [5, 5.41) is 9.52. The first-order valence-electron chi connectivity index (χ1n) is 4.99. The Labute approximate surface area is 97.0 Å². The lowest BCUT2D eigenvalue weighted by atomic mass is 9.98. The molecule has 0 saturated carbocycles. The van der Waals surface area contributed by atoms with Gasteiger partial charge in [-0.25, -0.2) is 4.39 Å². The van der Waals surface area contributed by atoms with Crippen molar-refractivity contribution in [3.05, 3.63) is 33.6 Å². The smallest absolute Gasteiger partial charge is 0.251 e. The molecule has 0 bridgehead atoms. The van der Waals surface area contributed by atoms with Crippen LogP contribution in [0.4, 0.5) is 4.39 Å². The minimum atomic E-state index is -1.62. The maximum absolute atomic E-state index is 13.8. The lowest BCUT2D eigenvalue weighted by Gasteiger charge is -2.14. The van der Waals surface area contributed by atoms with Crippen LogP contribution in [0.3, 0.4) is 0 Å². The maximum atomic E-state index is 13.8. The molecule has 1 atom stereocenters. The summed E-state index contributed by atoms with van der Waals surface area (Å²) in [6.45, 7) is 0. The van der Waals surface area contributed by atoms with Gasteiger partial charge in [0, 0.05) is 5.56 Å². The van der Waals surface area contributed by atoms with Crippen LogP contribution in [0, 0.1) is 5.82 Å². The first-order chi connectivity index (χ1) is 7.52. The van der Waals surface area contributed by atoms with Gasteiger partial charge in [0.2, 0.25) is 0 Å². The molecular formula is C11H11ClFNO2. The second-order valence-electron chi connectivity index (χ2n) is 3.88. The van der Waals surface area contributed by atoms with E-state index in [4.69, 9.17) is 17.3 Å². The molecule has 16 heavy (non-hydrogen) atoms. The summed E-state index contributed by atoms with van der Waals surface area (Å²) in [6, 6.07) is 1.55. The Kier molecular flexibility index (Phi) is 2.86. The average molecular weight is 244 g/mol. The van der Waals surface area contributed by atoms with Crippen molar-refractivity contribution in [2.45, 2.75) is 25.4 Å². The number of carbonyl (C=O) groups excluding carboxylic acids is 1. The minimum Gasteiger partial charge on any atom is -0.378 e. The van der Waals surface area contributed by atoms with E-state index < -0.39 is 17.8 Å².